The van der Waals surface area contributed by atoms with Gasteiger partial charge in [0.15, 0.2) is 0 Å². The van der Waals surface area contributed by atoms with Gasteiger partial charge in [-0.25, -0.2) is 13.1 Å². The van der Waals surface area contributed by atoms with E-state index in [1.165, 1.54) is 12.1 Å². The minimum absolute atomic E-state index is 0.00987. The molecule has 1 aromatic heterocycles. The molecule has 0 saturated carbocycles. The fraction of sp³-hybridized carbons (Fsp3) is 0.214. The second-order valence-electron chi connectivity index (χ2n) is 4.43. The van der Waals surface area contributed by atoms with Gasteiger partial charge in [-0.3, -0.25) is 4.79 Å². The number of amides is 1. The third kappa shape index (κ3) is 4.81. The molecule has 22 heavy (non-hydrogen) atoms. The molecule has 0 radical (unpaired) electrons. The average molecular weight is 359 g/mol. The van der Waals surface area contributed by atoms with E-state index < -0.39 is 10.0 Å². The molecule has 0 aliphatic carbocycles. The Morgan fingerprint density at radius 3 is 2.64 bits per heavy atom. The highest BCUT2D eigenvalue weighted by molar-refractivity contribution is 7.89. The Balaban J connectivity index is 1.80. The van der Waals surface area contributed by atoms with E-state index in [9.17, 15) is 13.2 Å². The van der Waals surface area contributed by atoms with E-state index >= 15 is 0 Å². The summed E-state index contributed by atoms with van der Waals surface area (Å²) in [5, 5.41) is 4.81. The van der Waals surface area contributed by atoms with Gasteiger partial charge in [0.2, 0.25) is 15.9 Å². The van der Waals surface area contributed by atoms with E-state index in [1.54, 1.807) is 23.5 Å². The van der Waals surface area contributed by atoms with Gasteiger partial charge in [-0.1, -0.05) is 29.8 Å². The normalized spacial score (nSPS) is 11.3. The highest BCUT2D eigenvalue weighted by atomic mass is 35.5. The van der Waals surface area contributed by atoms with Crippen LogP contribution < -0.4 is 10.0 Å². The summed E-state index contributed by atoms with van der Waals surface area (Å²) in [6.07, 6.45) is 0.0645. The van der Waals surface area contributed by atoms with Gasteiger partial charge >= 0.3 is 0 Å². The number of carbonyl (C=O) groups excluding carboxylic acids is 1. The number of halogens is 1. The van der Waals surface area contributed by atoms with Crippen LogP contribution in [0.15, 0.2) is 46.7 Å². The molecule has 2 N–H and O–H groups in total. The van der Waals surface area contributed by atoms with E-state index in [0.29, 0.717) is 6.54 Å². The van der Waals surface area contributed by atoms with Crippen LogP contribution in [0.25, 0.3) is 0 Å². The standard InChI is InChI=1S/C14H15ClN2O3S2/c15-12-5-1-2-6-13(12)22(19,20)17-8-7-14(18)16-10-11-4-3-9-21-11/h1-6,9,17H,7-8,10H2,(H,16,18). The van der Waals surface area contributed by atoms with Crippen LogP contribution in [0.4, 0.5) is 0 Å². The summed E-state index contributed by atoms with van der Waals surface area (Å²) in [4.78, 5) is 12.7. The van der Waals surface area contributed by atoms with Crippen LogP contribution in [-0.4, -0.2) is 20.9 Å². The molecule has 0 aliphatic rings. The fourth-order valence-corrected chi connectivity index (χ4v) is 3.92. The monoisotopic (exact) mass is 358 g/mol. The molecule has 1 heterocycles. The molecule has 0 saturated heterocycles. The predicted molar refractivity (Wildman–Crippen MR) is 87.4 cm³/mol. The molecule has 0 atom stereocenters. The Bertz CT molecular complexity index is 730. The molecule has 1 aromatic carbocycles. The third-order valence-electron chi connectivity index (χ3n) is 2.81. The molecule has 1 amide bonds. The molecule has 0 unspecified atom stereocenters. The molecule has 0 fully saturated rings. The second-order valence-corrected chi connectivity index (χ2v) is 7.61. The van der Waals surface area contributed by atoms with Crippen molar-refractivity contribution in [2.45, 2.75) is 17.9 Å². The Hall–Kier alpha value is -1.41. The summed E-state index contributed by atoms with van der Waals surface area (Å²) in [6.45, 7) is 0.470. The zero-order valence-corrected chi connectivity index (χ0v) is 14.0. The van der Waals surface area contributed by atoms with Crippen molar-refractivity contribution in [3.63, 3.8) is 0 Å². The maximum atomic E-state index is 12.1. The molecule has 5 nitrogen and oxygen atoms in total. The van der Waals surface area contributed by atoms with Crippen LogP contribution >= 0.6 is 22.9 Å². The van der Waals surface area contributed by atoms with Gasteiger partial charge < -0.3 is 5.32 Å². The summed E-state index contributed by atoms with van der Waals surface area (Å²) in [5.41, 5.74) is 0. The molecule has 2 rings (SSSR count). The Labute approximate surface area is 138 Å². The molecular formula is C14H15ClN2O3S2. The lowest BCUT2D eigenvalue weighted by atomic mass is 10.4. The number of rotatable bonds is 7. The molecule has 0 spiro atoms. The minimum Gasteiger partial charge on any atom is -0.351 e. The van der Waals surface area contributed by atoms with Crippen molar-refractivity contribution in [2.24, 2.45) is 0 Å². The van der Waals surface area contributed by atoms with Crippen LogP contribution in [0.3, 0.4) is 0 Å². The first-order valence-electron chi connectivity index (χ1n) is 6.52. The van der Waals surface area contributed by atoms with Crippen molar-refractivity contribution < 1.29 is 13.2 Å². The van der Waals surface area contributed by atoms with Crippen molar-refractivity contribution in [1.29, 1.82) is 0 Å². The summed E-state index contributed by atoms with van der Waals surface area (Å²) in [6, 6.07) is 9.99. The van der Waals surface area contributed by atoms with Gasteiger partial charge in [-0.05, 0) is 23.6 Å². The lowest BCUT2D eigenvalue weighted by Gasteiger charge is -2.08. The maximum absolute atomic E-state index is 12.1. The van der Waals surface area contributed by atoms with E-state index in [1.807, 2.05) is 17.5 Å². The SMILES string of the molecule is O=C(CCNS(=O)(=O)c1ccccc1Cl)NCc1cccs1. The van der Waals surface area contributed by atoms with E-state index in [0.717, 1.165) is 4.88 Å². The number of nitrogens with one attached hydrogen (secondary N) is 2. The third-order valence-corrected chi connectivity index (χ3v) is 5.65. The quantitative estimate of drug-likeness (QED) is 0.798. The van der Waals surface area contributed by atoms with Gasteiger partial charge in [0.25, 0.3) is 0 Å². The van der Waals surface area contributed by atoms with Crippen molar-refractivity contribution in [1.82, 2.24) is 10.0 Å². The number of thiophene rings is 1. The van der Waals surface area contributed by atoms with E-state index in [2.05, 4.69) is 10.0 Å². The van der Waals surface area contributed by atoms with Gasteiger partial charge in [0, 0.05) is 17.8 Å². The Kier molecular flexibility index (Phi) is 5.96. The first-order valence-corrected chi connectivity index (χ1v) is 9.26. The van der Waals surface area contributed by atoms with Crippen LogP contribution in [0.1, 0.15) is 11.3 Å². The van der Waals surface area contributed by atoms with E-state index in [4.69, 9.17) is 11.6 Å². The van der Waals surface area contributed by atoms with E-state index in [-0.39, 0.29) is 28.8 Å². The largest absolute Gasteiger partial charge is 0.351 e. The van der Waals surface area contributed by atoms with Gasteiger partial charge in [0.1, 0.15) is 4.90 Å². The summed E-state index contributed by atoms with van der Waals surface area (Å²) >= 11 is 7.41. The maximum Gasteiger partial charge on any atom is 0.242 e. The van der Waals surface area contributed by atoms with Gasteiger partial charge in [-0.2, -0.15) is 0 Å². The van der Waals surface area contributed by atoms with Crippen LogP contribution in [0.5, 0.6) is 0 Å². The second kappa shape index (κ2) is 7.73. The minimum atomic E-state index is -3.70. The number of benzene rings is 1. The molecular weight excluding hydrogens is 344 g/mol. The lowest BCUT2D eigenvalue weighted by molar-refractivity contribution is -0.121. The molecule has 0 bridgehead atoms. The topological polar surface area (TPSA) is 75.3 Å². The first kappa shape index (κ1) is 17.0. The van der Waals surface area contributed by atoms with Gasteiger partial charge in [0.05, 0.1) is 11.6 Å². The Morgan fingerprint density at radius 1 is 1.18 bits per heavy atom. The highest BCUT2D eigenvalue weighted by Gasteiger charge is 2.17. The fourth-order valence-electron chi connectivity index (χ4n) is 1.73. The smallest absolute Gasteiger partial charge is 0.242 e. The van der Waals surface area contributed by atoms with Crippen LogP contribution in [0.2, 0.25) is 5.02 Å². The number of hydrogen-bond donors (Lipinski definition) is 2. The zero-order chi connectivity index (χ0) is 16.0. The summed E-state index contributed by atoms with van der Waals surface area (Å²) < 4.78 is 26.5. The predicted octanol–water partition coefficient (Wildman–Crippen LogP) is 2.39. The number of sulfonamides is 1. The molecule has 0 aliphatic heterocycles. The van der Waals surface area contributed by atoms with Crippen molar-refractivity contribution in [3.05, 3.63) is 51.7 Å². The molecule has 8 heteroatoms. The zero-order valence-electron chi connectivity index (χ0n) is 11.6. The summed E-state index contributed by atoms with van der Waals surface area (Å²) in [5.74, 6) is -0.213. The van der Waals surface area contributed by atoms with Crippen molar-refractivity contribution in [3.8, 4) is 0 Å². The average Bonchev–Trinajstić information content (AvgIpc) is 2.98. The van der Waals surface area contributed by atoms with Gasteiger partial charge in [-0.15, -0.1) is 11.3 Å². The summed E-state index contributed by atoms with van der Waals surface area (Å²) in [7, 11) is -3.70. The lowest BCUT2D eigenvalue weighted by Crippen LogP contribution is -2.30. The van der Waals surface area contributed by atoms with Crippen LogP contribution in [-0.2, 0) is 21.4 Å². The highest BCUT2D eigenvalue weighted by Crippen LogP contribution is 2.19. The number of carbonyl (C=O) groups is 1. The molecule has 118 valence electrons. The molecule has 2 aromatic rings. The Morgan fingerprint density at radius 2 is 1.95 bits per heavy atom. The van der Waals surface area contributed by atoms with Crippen molar-refractivity contribution >= 4 is 38.9 Å². The van der Waals surface area contributed by atoms with Crippen LogP contribution in [0, 0.1) is 0 Å². The number of hydrogen-bond acceptors (Lipinski definition) is 4. The van der Waals surface area contributed by atoms with Crippen molar-refractivity contribution in [2.75, 3.05) is 6.54 Å². The first-order chi connectivity index (χ1) is 10.5.